The second kappa shape index (κ2) is 7.79. The van der Waals surface area contributed by atoms with E-state index >= 15 is 4.39 Å². The fraction of sp³-hybridized carbons (Fsp3) is 0.565. The highest BCUT2D eigenvalue weighted by Crippen LogP contribution is 2.50. The fourth-order valence-corrected chi connectivity index (χ4v) is 5.51. The van der Waals surface area contributed by atoms with Gasteiger partial charge in [0.25, 0.3) is 0 Å². The zero-order valence-electron chi connectivity index (χ0n) is 18.4. The molecule has 6 nitrogen and oxygen atoms in total. The molecular formula is C23H28F3N3O3. The molecule has 3 fully saturated rings. The van der Waals surface area contributed by atoms with E-state index in [1.165, 1.54) is 4.57 Å². The molecule has 2 aliphatic carbocycles. The van der Waals surface area contributed by atoms with E-state index in [4.69, 9.17) is 5.73 Å². The molecule has 174 valence electrons. The van der Waals surface area contributed by atoms with Crippen molar-refractivity contribution in [3.63, 3.8) is 0 Å². The summed E-state index contributed by atoms with van der Waals surface area (Å²) in [6, 6.07) is 0.448. The van der Waals surface area contributed by atoms with Gasteiger partial charge in [-0.3, -0.25) is 9.18 Å². The Labute approximate surface area is 183 Å². The van der Waals surface area contributed by atoms with Crippen LogP contribution in [-0.4, -0.2) is 47.1 Å². The van der Waals surface area contributed by atoms with Crippen LogP contribution in [0.25, 0.3) is 10.9 Å². The molecule has 3 N–H and O–H groups in total. The number of aromatic carboxylic acids is 1. The van der Waals surface area contributed by atoms with E-state index in [1.54, 1.807) is 11.8 Å². The van der Waals surface area contributed by atoms with Gasteiger partial charge < -0.3 is 20.3 Å². The largest absolute Gasteiger partial charge is 0.477 e. The van der Waals surface area contributed by atoms with E-state index in [1.807, 2.05) is 13.8 Å². The highest BCUT2D eigenvalue weighted by molar-refractivity contribution is 5.95. The van der Waals surface area contributed by atoms with Crippen molar-refractivity contribution >= 4 is 22.6 Å². The van der Waals surface area contributed by atoms with Gasteiger partial charge >= 0.3 is 5.97 Å². The van der Waals surface area contributed by atoms with E-state index in [-0.39, 0.29) is 29.3 Å². The third kappa shape index (κ3) is 3.20. The Balaban J connectivity index is 0.00000119. The Kier molecular flexibility index (Phi) is 5.51. The molecule has 0 radical (unpaired) electrons. The summed E-state index contributed by atoms with van der Waals surface area (Å²) >= 11 is 0. The maximum absolute atomic E-state index is 15.2. The van der Waals surface area contributed by atoms with Crippen molar-refractivity contribution in [2.75, 3.05) is 24.7 Å². The Morgan fingerprint density at radius 1 is 1.38 bits per heavy atom. The van der Waals surface area contributed by atoms with Crippen LogP contribution >= 0.6 is 0 Å². The van der Waals surface area contributed by atoms with Gasteiger partial charge in [0.1, 0.15) is 17.6 Å². The number of carbonyl (C=O) groups is 1. The van der Waals surface area contributed by atoms with Gasteiger partial charge in [-0.05, 0) is 30.9 Å². The number of hydrogen-bond acceptors (Lipinski definition) is 4. The zero-order valence-corrected chi connectivity index (χ0v) is 18.4. The third-order valence-electron chi connectivity index (χ3n) is 7.11. The van der Waals surface area contributed by atoms with Gasteiger partial charge in [-0.25, -0.2) is 13.6 Å². The molecular weight excluding hydrogens is 423 g/mol. The number of aromatic nitrogens is 1. The van der Waals surface area contributed by atoms with Crippen molar-refractivity contribution in [1.82, 2.24) is 4.57 Å². The van der Waals surface area contributed by atoms with Gasteiger partial charge in [0, 0.05) is 42.6 Å². The number of halogens is 3. The van der Waals surface area contributed by atoms with E-state index in [0.29, 0.717) is 30.6 Å². The molecule has 5 rings (SSSR count). The van der Waals surface area contributed by atoms with Gasteiger partial charge in [-0.1, -0.05) is 13.8 Å². The summed E-state index contributed by atoms with van der Waals surface area (Å²) in [5.74, 6) is -2.32. The summed E-state index contributed by atoms with van der Waals surface area (Å²) in [4.78, 5) is 26.0. The lowest BCUT2D eigenvalue weighted by Gasteiger charge is -2.46. The number of fused-ring (bicyclic) bond motifs is 2. The second-order valence-corrected chi connectivity index (χ2v) is 8.97. The normalized spacial score (nSPS) is 30.4. The molecule has 2 heterocycles. The molecule has 2 aromatic rings. The fourth-order valence-electron chi connectivity index (χ4n) is 5.51. The quantitative estimate of drug-likeness (QED) is 0.742. The number of rotatable bonds is 4. The Morgan fingerprint density at radius 3 is 2.59 bits per heavy atom. The first-order chi connectivity index (χ1) is 15.2. The number of carboxylic acid groups (broad SMARTS) is 1. The van der Waals surface area contributed by atoms with Crippen molar-refractivity contribution in [2.45, 2.75) is 51.4 Å². The minimum Gasteiger partial charge on any atom is -0.477 e. The summed E-state index contributed by atoms with van der Waals surface area (Å²) in [6.07, 6.45) is 0.755. The zero-order chi connectivity index (χ0) is 23.5. The van der Waals surface area contributed by atoms with Crippen LogP contribution in [0.4, 0.5) is 18.9 Å². The Hall–Kier alpha value is -2.55. The van der Waals surface area contributed by atoms with E-state index in [2.05, 4.69) is 0 Å². The SMILES string of the molecule is CC.Cc1c(N2CC3C(CF)CC3(N)C2)c(F)cc2c(=O)c(C(=O)O)cn(C3CC3F)c12. The Bertz CT molecular complexity index is 1150. The maximum Gasteiger partial charge on any atom is 0.341 e. The minimum atomic E-state index is -1.44. The molecule has 2 saturated carbocycles. The van der Waals surface area contributed by atoms with Gasteiger partial charge in [0.15, 0.2) is 0 Å². The van der Waals surface area contributed by atoms with Crippen LogP contribution in [0.2, 0.25) is 0 Å². The first-order valence-electron chi connectivity index (χ1n) is 11.0. The van der Waals surface area contributed by atoms with Crippen LogP contribution in [0.1, 0.15) is 48.7 Å². The first kappa shape index (κ1) is 22.6. The van der Waals surface area contributed by atoms with E-state index in [9.17, 15) is 23.5 Å². The van der Waals surface area contributed by atoms with Crippen molar-refractivity contribution in [3.8, 4) is 0 Å². The molecule has 0 spiro atoms. The van der Waals surface area contributed by atoms with Crippen molar-refractivity contribution in [1.29, 1.82) is 0 Å². The number of anilines is 1. The number of aryl methyl sites for hydroxylation is 1. The maximum atomic E-state index is 15.2. The number of alkyl halides is 2. The predicted octanol–water partition coefficient (Wildman–Crippen LogP) is 3.58. The van der Waals surface area contributed by atoms with Crippen LogP contribution in [0.5, 0.6) is 0 Å². The van der Waals surface area contributed by atoms with Crippen molar-refractivity contribution in [3.05, 3.63) is 39.4 Å². The van der Waals surface area contributed by atoms with Crippen LogP contribution in [-0.2, 0) is 0 Å². The van der Waals surface area contributed by atoms with Crippen LogP contribution in [0, 0.1) is 24.6 Å². The summed E-state index contributed by atoms with van der Waals surface area (Å²) in [5, 5.41) is 9.29. The molecule has 32 heavy (non-hydrogen) atoms. The lowest BCUT2D eigenvalue weighted by atomic mass is 9.62. The van der Waals surface area contributed by atoms with Crippen LogP contribution < -0.4 is 16.1 Å². The topological polar surface area (TPSA) is 88.6 Å². The van der Waals surface area contributed by atoms with Gasteiger partial charge in [0.2, 0.25) is 5.43 Å². The molecule has 5 atom stereocenters. The lowest BCUT2D eigenvalue weighted by Crippen LogP contribution is -2.60. The van der Waals surface area contributed by atoms with Gasteiger partial charge in [0.05, 0.1) is 23.9 Å². The summed E-state index contributed by atoms with van der Waals surface area (Å²) in [6.45, 7) is 5.95. The molecule has 1 aromatic heterocycles. The van der Waals surface area contributed by atoms with Crippen LogP contribution in [0.3, 0.4) is 0 Å². The van der Waals surface area contributed by atoms with Crippen LogP contribution in [0.15, 0.2) is 17.1 Å². The van der Waals surface area contributed by atoms with Crippen molar-refractivity contribution < 1.29 is 23.1 Å². The number of nitrogens with two attached hydrogens (primary N) is 1. The monoisotopic (exact) mass is 451 g/mol. The molecule has 3 aliphatic rings. The van der Waals surface area contributed by atoms with E-state index in [0.717, 1.165) is 12.3 Å². The number of carboxylic acids is 1. The third-order valence-corrected chi connectivity index (χ3v) is 7.11. The summed E-state index contributed by atoms with van der Waals surface area (Å²) < 4.78 is 43.8. The second-order valence-electron chi connectivity index (χ2n) is 8.97. The average molecular weight is 451 g/mol. The molecule has 9 heteroatoms. The number of pyridine rings is 1. The lowest BCUT2D eigenvalue weighted by molar-refractivity contribution is 0.0629. The number of nitrogens with zero attached hydrogens (tertiary/aromatic N) is 2. The molecule has 1 aliphatic heterocycles. The first-order valence-corrected chi connectivity index (χ1v) is 11.0. The molecule has 0 amide bonds. The summed E-state index contributed by atoms with van der Waals surface area (Å²) in [7, 11) is 0. The highest BCUT2D eigenvalue weighted by Gasteiger charge is 2.57. The van der Waals surface area contributed by atoms with Crippen molar-refractivity contribution in [2.24, 2.45) is 17.6 Å². The molecule has 5 unspecified atom stereocenters. The number of benzene rings is 1. The van der Waals surface area contributed by atoms with Gasteiger partial charge in [-0.15, -0.1) is 0 Å². The average Bonchev–Trinajstić information content (AvgIpc) is 3.41. The molecule has 1 aromatic carbocycles. The Morgan fingerprint density at radius 2 is 2.03 bits per heavy atom. The van der Waals surface area contributed by atoms with Gasteiger partial charge in [-0.2, -0.15) is 0 Å². The highest BCUT2D eigenvalue weighted by atomic mass is 19.1. The molecule has 1 saturated heterocycles. The minimum absolute atomic E-state index is 0.0766. The predicted molar refractivity (Wildman–Crippen MR) is 116 cm³/mol. The number of hydrogen-bond donors (Lipinski definition) is 2. The molecule has 0 bridgehead atoms. The summed E-state index contributed by atoms with van der Waals surface area (Å²) in [5.41, 5.74) is 5.53. The smallest absolute Gasteiger partial charge is 0.341 e. The van der Waals surface area contributed by atoms with E-state index < -0.39 is 47.2 Å². The standard InChI is InChI=1S/C21H22F3N3O3.C2H6/c1-9-17-11(19(28)12(20(29)30)6-27(17)16-3-14(16)23)2-15(24)18(9)26-7-13-10(5-22)4-21(13,25)8-26;1-2/h2,6,10,13-14,16H,3-5,7-8,25H2,1H3,(H,29,30);1-2H3.